The lowest BCUT2D eigenvalue weighted by molar-refractivity contribution is -0.488. The summed E-state index contributed by atoms with van der Waals surface area (Å²) in [5.41, 5.74) is 0. The van der Waals surface area contributed by atoms with Gasteiger partial charge in [0.25, 0.3) is 0 Å². The van der Waals surface area contributed by atoms with Crippen molar-refractivity contribution in [1.29, 1.82) is 0 Å². The van der Waals surface area contributed by atoms with Crippen LogP contribution >= 0.6 is 0 Å². The van der Waals surface area contributed by atoms with Crippen LogP contribution in [0.3, 0.4) is 0 Å². The first-order chi connectivity index (χ1) is 8.68. The van der Waals surface area contributed by atoms with Gasteiger partial charge in [-0.1, -0.05) is 0 Å². The summed E-state index contributed by atoms with van der Waals surface area (Å²) in [6.45, 7) is -0.644. The van der Waals surface area contributed by atoms with Crippen LogP contribution in [0.5, 0.6) is 0 Å². The van der Waals surface area contributed by atoms with Crippen molar-refractivity contribution < 1.29 is 32.4 Å². The van der Waals surface area contributed by atoms with Gasteiger partial charge in [-0.05, 0) is 12.1 Å². The number of carboxylic acid groups (broad SMARTS) is 1. The molecule has 1 aromatic heterocycles. The lowest BCUT2D eigenvalue weighted by Crippen LogP contribution is -2.19. The van der Waals surface area contributed by atoms with Crippen LogP contribution in [0.15, 0.2) is 16.5 Å². The van der Waals surface area contributed by atoms with Gasteiger partial charge in [-0.3, -0.25) is 14.9 Å². The molecule has 1 heterocycles. The molecule has 0 aliphatic carbocycles. The predicted octanol–water partition coefficient (Wildman–Crippen LogP) is 2.21. The van der Waals surface area contributed by atoms with Gasteiger partial charge in [0.15, 0.2) is 0 Å². The van der Waals surface area contributed by atoms with Crippen LogP contribution in [-0.2, 0) is 17.4 Å². The van der Waals surface area contributed by atoms with Crippen molar-refractivity contribution in [3.63, 3.8) is 0 Å². The molecular formula is C10H10F3NO5. The Bertz CT molecular complexity index is 452. The second kappa shape index (κ2) is 5.72. The molecule has 0 saturated carbocycles. The zero-order valence-electron chi connectivity index (χ0n) is 9.51. The zero-order valence-corrected chi connectivity index (χ0v) is 9.51. The topological polar surface area (TPSA) is 93.6 Å². The lowest BCUT2D eigenvalue weighted by Gasteiger charge is -2.08. The van der Waals surface area contributed by atoms with Crippen molar-refractivity contribution >= 4 is 5.97 Å². The average Bonchev–Trinajstić information content (AvgIpc) is 2.62. The Balaban J connectivity index is 2.75. The third-order valence-corrected chi connectivity index (χ3v) is 2.30. The highest BCUT2D eigenvalue weighted by molar-refractivity contribution is 5.67. The molecule has 0 spiro atoms. The van der Waals surface area contributed by atoms with E-state index in [-0.39, 0.29) is 12.2 Å². The number of carbonyl (C=O) groups is 1. The summed E-state index contributed by atoms with van der Waals surface area (Å²) in [5.74, 6) is -3.51. The molecule has 1 atom stereocenters. The summed E-state index contributed by atoms with van der Waals surface area (Å²) in [6.07, 6.45) is -5.38. The largest absolute Gasteiger partial charge is 0.481 e. The van der Waals surface area contributed by atoms with E-state index >= 15 is 0 Å². The van der Waals surface area contributed by atoms with Crippen LogP contribution < -0.4 is 0 Å². The fraction of sp³-hybridized carbons (Fsp3) is 0.500. The van der Waals surface area contributed by atoms with Gasteiger partial charge in [0.05, 0.1) is 6.42 Å². The van der Waals surface area contributed by atoms with E-state index in [9.17, 15) is 28.1 Å². The molecule has 0 saturated heterocycles. The van der Waals surface area contributed by atoms with Crippen LogP contribution in [0, 0.1) is 16.0 Å². The number of nitro groups is 1. The summed E-state index contributed by atoms with van der Waals surface area (Å²) in [4.78, 5) is 20.2. The first-order valence-electron chi connectivity index (χ1n) is 5.18. The average molecular weight is 281 g/mol. The highest BCUT2D eigenvalue weighted by Crippen LogP contribution is 2.31. The Labute approximate surface area is 105 Å². The highest BCUT2D eigenvalue weighted by atomic mass is 19.4. The zero-order chi connectivity index (χ0) is 14.6. The van der Waals surface area contributed by atoms with Gasteiger partial charge in [0.2, 0.25) is 12.3 Å². The first kappa shape index (κ1) is 15.0. The van der Waals surface area contributed by atoms with Gasteiger partial charge < -0.3 is 9.52 Å². The number of halogens is 3. The molecule has 1 N–H and O–H groups in total. The minimum atomic E-state index is -4.64. The van der Waals surface area contributed by atoms with Gasteiger partial charge in [-0.15, -0.1) is 0 Å². The Morgan fingerprint density at radius 2 is 2.11 bits per heavy atom. The Kier molecular flexibility index (Phi) is 4.52. The van der Waals surface area contributed by atoms with Crippen molar-refractivity contribution in [1.82, 2.24) is 0 Å². The van der Waals surface area contributed by atoms with Gasteiger partial charge in [0, 0.05) is 17.3 Å². The summed E-state index contributed by atoms with van der Waals surface area (Å²) >= 11 is 0. The van der Waals surface area contributed by atoms with Crippen molar-refractivity contribution in [3.8, 4) is 0 Å². The predicted molar refractivity (Wildman–Crippen MR) is 55.0 cm³/mol. The quantitative estimate of drug-likeness (QED) is 0.637. The number of aliphatic carboxylic acids is 1. The summed E-state index contributed by atoms with van der Waals surface area (Å²) in [5, 5.41) is 18.9. The van der Waals surface area contributed by atoms with Crippen molar-refractivity contribution in [2.45, 2.75) is 19.0 Å². The van der Waals surface area contributed by atoms with Crippen LogP contribution in [-0.4, -0.2) is 22.5 Å². The minimum absolute atomic E-state index is 0.125. The van der Waals surface area contributed by atoms with Crippen LogP contribution in [0.4, 0.5) is 13.2 Å². The molecule has 0 aliphatic rings. The molecule has 0 fully saturated rings. The molecule has 9 heteroatoms. The number of nitrogens with zero attached hydrogens (tertiary/aromatic N) is 1. The normalized spacial score (nSPS) is 13.2. The van der Waals surface area contributed by atoms with Crippen molar-refractivity contribution in [3.05, 3.63) is 33.8 Å². The Hall–Kier alpha value is -2.06. The Morgan fingerprint density at radius 1 is 1.47 bits per heavy atom. The Morgan fingerprint density at radius 3 is 2.53 bits per heavy atom. The summed E-state index contributed by atoms with van der Waals surface area (Å²) < 4.78 is 41.3. The smallest absolute Gasteiger partial charge is 0.449 e. The molecule has 1 rings (SSSR count). The molecule has 0 aliphatic heterocycles. The molecule has 0 bridgehead atoms. The van der Waals surface area contributed by atoms with Gasteiger partial charge in [-0.25, -0.2) is 0 Å². The summed E-state index contributed by atoms with van der Waals surface area (Å²) in [7, 11) is 0. The molecule has 0 amide bonds. The van der Waals surface area contributed by atoms with Gasteiger partial charge in [-0.2, -0.15) is 13.2 Å². The van der Waals surface area contributed by atoms with E-state index in [1.54, 1.807) is 0 Å². The van der Waals surface area contributed by atoms with E-state index in [4.69, 9.17) is 5.11 Å². The van der Waals surface area contributed by atoms with Gasteiger partial charge >= 0.3 is 12.1 Å². The highest BCUT2D eigenvalue weighted by Gasteiger charge is 2.35. The SMILES string of the molecule is O=C(O)CC(Cc1ccc(C(F)(F)F)o1)C[N+](=O)[O-]. The number of alkyl halides is 3. The molecule has 1 aromatic rings. The maximum atomic E-state index is 12.3. The third-order valence-electron chi connectivity index (χ3n) is 2.30. The number of hydrogen-bond acceptors (Lipinski definition) is 4. The van der Waals surface area contributed by atoms with E-state index in [1.807, 2.05) is 0 Å². The third kappa shape index (κ3) is 4.98. The molecule has 0 radical (unpaired) electrons. The molecule has 106 valence electrons. The van der Waals surface area contributed by atoms with Gasteiger partial charge in [0.1, 0.15) is 5.76 Å². The maximum absolute atomic E-state index is 12.3. The standard InChI is InChI=1S/C10H10F3NO5/c11-10(12,13)8-2-1-7(19-8)3-6(4-9(15)16)5-14(17)18/h1-2,6H,3-5H2,(H,15,16). The maximum Gasteiger partial charge on any atom is 0.449 e. The fourth-order valence-corrected chi connectivity index (χ4v) is 1.58. The van der Waals surface area contributed by atoms with E-state index in [0.29, 0.717) is 6.07 Å². The molecular weight excluding hydrogens is 271 g/mol. The van der Waals surface area contributed by atoms with Crippen molar-refractivity contribution in [2.75, 3.05) is 6.54 Å². The fourth-order valence-electron chi connectivity index (χ4n) is 1.58. The monoisotopic (exact) mass is 281 g/mol. The van der Waals surface area contributed by atoms with Crippen LogP contribution in [0.2, 0.25) is 0 Å². The molecule has 19 heavy (non-hydrogen) atoms. The van der Waals surface area contributed by atoms with E-state index in [1.165, 1.54) is 0 Å². The minimum Gasteiger partial charge on any atom is -0.481 e. The first-order valence-corrected chi connectivity index (χ1v) is 5.18. The van der Waals surface area contributed by atoms with E-state index < -0.39 is 41.7 Å². The molecule has 1 unspecified atom stereocenters. The lowest BCUT2D eigenvalue weighted by atomic mass is 10.0. The number of carboxylic acids is 1. The van der Waals surface area contributed by atoms with Crippen LogP contribution in [0.1, 0.15) is 17.9 Å². The molecule has 6 nitrogen and oxygen atoms in total. The van der Waals surface area contributed by atoms with Crippen LogP contribution in [0.25, 0.3) is 0 Å². The number of rotatable bonds is 6. The second-order valence-corrected chi connectivity index (χ2v) is 3.95. The number of hydrogen-bond donors (Lipinski definition) is 1. The van der Waals surface area contributed by atoms with Crippen molar-refractivity contribution in [2.24, 2.45) is 5.92 Å². The van der Waals surface area contributed by atoms with E-state index in [2.05, 4.69) is 4.42 Å². The second-order valence-electron chi connectivity index (χ2n) is 3.95. The molecule has 0 aromatic carbocycles. The summed E-state index contributed by atoms with van der Waals surface area (Å²) in [6, 6.07) is 1.75. The van der Waals surface area contributed by atoms with E-state index in [0.717, 1.165) is 6.07 Å². The number of furan rings is 1.